The number of rotatable bonds is 9. The van der Waals surface area contributed by atoms with Crippen molar-refractivity contribution in [3.63, 3.8) is 0 Å². The van der Waals surface area contributed by atoms with Crippen molar-refractivity contribution in [3.05, 3.63) is 76.6 Å². The van der Waals surface area contributed by atoms with Crippen LogP contribution in [0.1, 0.15) is 67.8 Å². The molecule has 208 valence electrons. The minimum absolute atomic E-state index is 0.0766. The Morgan fingerprint density at radius 1 is 1.03 bits per heavy atom. The predicted octanol–water partition coefficient (Wildman–Crippen LogP) is 5.98. The van der Waals surface area contributed by atoms with Crippen LogP contribution in [0.15, 0.2) is 42.6 Å². The number of hydrogen-bond donors (Lipinski definition) is 3. The van der Waals surface area contributed by atoms with Crippen LogP contribution >= 0.6 is 0 Å². The Kier molecular flexibility index (Phi) is 8.88. The van der Waals surface area contributed by atoms with Crippen molar-refractivity contribution in [2.75, 3.05) is 10.6 Å². The molecule has 3 atom stereocenters. The highest BCUT2D eigenvalue weighted by Crippen LogP contribution is 2.34. The molecule has 2 aromatic heterocycles. The molecule has 0 spiro atoms. The van der Waals surface area contributed by atoms with Gasteiger partial charge in [-0.1, -0.05) is 43.7 Å². The Bertz CT molecular complexity index is 1370. The molecule has 0 fully saturated rings. The number of benzene rings is 1. The van der Waals surface area contributed by atoms with Crippen LogP contribution < -0.4 is 16.4 Å². The third kappa shape index (κ3) is 7.49. The molecule has 0 unspecified atom stereocenters. The molecule has 2 heterocycles. The van der Waals surface area contributed by atoms with Crippen LogP contribution in [-0.4, -0.2) is 27.4 Å². The zero-order chi connectivity index (χ0) is 29.1. The van der Waals surface area contributed by atoms with Gasteiger partial charge in [0.15, 0.2) is 11.6 Å². The number of carbonyl (C=O) groups excluding carboxylic acids is 2. The van der Waals surface area contributed by atoms with Gasteiger partial charge in [0.1, 0.15) is 17.2 Å². The number of anilines is 3. The van der Waals surface area contributed by atoms with Crippen molar-refractivity contribution in [1.82, 2.24) is 9.97 Å². The fourth-order valence-electron chi connectivity index (χ4n) is 4.01. The molecule has 0 aliphatic heterocycles. The van der Waals surface area contributed by atoms with Crippen molar-refractivity contribution >= 4 is 29.2 Å². The molecule has 1 aromatic carbocycles. The lowest BCUT2D eigenvalue weighted by molar-refractivity contribution is -0.161. The molecule has 0 aliphatic carbocycles. The van der Waals surface area contributed by atoms with Gasteiger partial charge < -0.3 is 21.1 Å². The average molecular weight is 540 g/mol. The molecule has 0 saturated heterocycles. The summed E-state index contributed by atoms with van der Waals surface area (Å²) in [5.41, 5.74) is 6.76. The van der Waals surface area contributed by atoms with Crippen molar-refractivity contribution < 1.29 is 23.1 Å². The zero-order valence-electron chi connectivity index (χ0n) is 23.2. The largest absolute Gasteiger partial charge is 0.460 e. The van der Waals surface area contributed by atoms with E-state index < -0.39 is 35.1 Å². The van der Waals surface area contributed by atoms with E-state index in [1.807, 2.05) is 38.1 Å². The SMILES string of the molecule is Cc1cccc([C@@H](Nc2nc(Nc3cnc(C)c(F)c3)c(C(N)=O)cc2F)[C@H](C)[C@H](C)C(=O)OC(C)(C)C)c1. The Balaban J connectivity index is 2.04. The first-order valence-corrected chi connectivity index (χ1v) is 12.6. The first-order chi connectivity index (χ1) is 18.2. The average Bonchev–Trinajstić information content (AvgIpc) is 2.84. The Hall–Kier alpha value is -4.08. The van der Waals surface area contributed by atoms with E-state index in [1.54, 1.807) is 27.7 Å². The molecule has 0 bridgehead atoms. The number of esters is 1. The summed E-state index contributed by atoms with van der Waals surface area (Å²) in [4.78, 5) is 33.3. The molecular formula is C29H35F2N5O3. The molecule has 0 saturated carbocycles. The highest BCUT2D eigenvalue weighted by Gasteiger charge is 2.33. The second kappa shape index (κ2) is 11.8. The van der Waals surface area contributed by atoms with Gasteiger partial charge >= 0.3 is 5.97 Å². The van der Waals surface area contributed by atoms with Crippen LogP contribution in [0.3, 0.4) is 0 Å². The van der Waals surface area contributed by atoms with Crippen LogP contribution in [0.4, 0.5) is 26.1 Å². The number of amides is 1. The summed E-state index contributed by atoms with van der Waals surface area (Å²) in [7, 11) is 0. The molecule has 10 heteroatoms. The number of nitrogens with one attached hydrogen (secondary N) is 2. The van der Waals surface area contributed by atoms with E-state index in [9.17, 15) is 14.0 Å². The van der Waals surface area contributed by atoms with E-state index in [-0.39, 0.29) is 40.5 Å². The Labute approximate surface area is 227 Å². The van der Waals surface area contributed by atoms with Crippen molar-refractivity contribution in [2.24, 2.45) is 17.6 Å². The van der Waals surface area contributed by atoms with Gasteiger partial charge in [0.05, 0.1) is 35.1 Å². The number of ether oxygens (including phenoxy) is 1. The molecule has 3 aromatic rings. The topological polar surface area (TPSA) is 119 Å². The summed E-state index contributed by atoms with van der Waals surface area (Å²) in [6.45, 7) is 12.4. The summed E-state index contributed by atoms with van der Waals surface area (Å²) < 4.78 is 35.0. The van der Waals surface area contributed by atoms with Crippen LogP contribution in [0.5, 0.6) is 0 Å². The molecule has 0 radical (unpaired) electrons. The number of carbonyl (C=O) groups is 2. The van der Waals surface area contributed by atoms with Gasteiger partial charge in [-0.3, -0.25) is 14.6 Å². The number of hydrogen-bond acceptors (Lipinski definition) is 7. The first-order valence-electron chi connectivity index (χ1n) is 12.6. The Morgan fingerprint density at radius 2 is 1.72 bits per heavy atom. The van der Waals surface area contributed by atoms with Crippen LogP contribution in [0.25, 0.3) is 0 Å². The molecule has 3 rings (SSSR count). The standard InChI is InChI=1S/C29H35F2N5O3/c1-15-9-8-10-19(11-15)24(16(2)17(3)28(38)39-29(5,6)7)35-27-23(31)13-21(25(32)37)26(36-27)34-20-12-22(30)18(4)33-14-20/h8-14,16-17,24H,1-7H3,(H2,32,37)(H2,34,35,36)/t16-,17+,24+/m1/s1. The number of nitrogens with zero attached hydrogens (tertiary/aromatic N) is 2. The maximum Gasteiger partial charge on any atom is 0.309 e. The summed E-state index contributed by atoms with van der Waals surface area (Å²) in [5.74, 6) is -3.88. The van der Waals surface area contributed by atoms with Crippen molar-refractivity contribution in [1.29, 1.82) is 0 Å². The number of halogens is 2. The van der Waals surface area contributed by atoms with Crippen molar-refractivity contribution in [2.45, 2.75) is 60.1 Å². The molecule has 8 nitrogen and oxygen atoms in total. The molecular weight excluding hydrogens is 504 g/mol. The zero-order valence-corrected chi connectivity index (χ0v) is 23.2. The van der Waals surface area contributed by atoms with E-state index in [4.69, 9.17) is 10.5 Å². The third-order valence-electron chi connectivity index (χ3n) is 6.32. The summed E-state index contributed by atoms with van der Waals surface area (Å²) in [5, 5.41) is 5.94. The fourth-order valence-corrected chi connectivity index (χ4v) is 4.01. The van der Waals surface area contributed by atoms with Gasteiger partial charge in [0.2, 0.25) is 0 Å². The van der Waals surface area contributed by atoms with Gasteiger partial charge in [-0.25, -0.2) is 13.8 Å². The third-order valence-corrected chi connectivity index (χ3v) is 6.32. The maximum atomic E-state index is 15.3. The Morgan fingerprint density at radius 3 is 2.31 bits per heavy atom. The summed E-state index contributed by atoms with van der Waals surface area (Å²) in [6.07, 6.45) is 1.36. The normalized spacial score (nSPS) is 13.8. The number of aryl methyl sites for hydroxylation is 2. The molecule has 39 heavy (non-hydrogen) atoms. The second-order valence-corrected chi connectivity index (χ2v) is 10.7. The maximum absolute atomic E-state index is 15.3. The van der Waals surface area contributed by atoms with Crippen molar-refractivity contribution in [3.8, 4) is 0 Å². The fraction of sp³-hybridized carbons (Fsp3) is 0.379. The minimum atomic E-state index is -0.918. The molecule has 4 N–H and O–H groups in total. The highest BCUT2D eigenvalue weighted by atomic mass is 19.1. The second-order valence-electron chi connectivity index (χ2n) is 10.7. The molecule has 1 amide bonds. The highest BCUT2D eigenvalue weighted by molar-refractivity contribution is 5.98. The molecule has 0 aliphatic rings. The van der Waals surface area contributed by atoms with E-state index in [1.165, 1.54) is 19.2 Å². The van der Waals surface area contributed by atoms with E-state index in [2.05, 4.69) is 20.6 Å². The number of primary amides is 1. The predicted molar refractivity (Wildman–Crippen MR) is 147 cm³/mol. The van der Waals surface area contributed by atoms with Gasteiger partial charge in [0.25, 0.3) is 5.91 Å². The lowest BCUT2D eigenvalue weighted by atomic mass is 9.84. The van der Waals surface area contributed by atoms with Gasteiger partial charge in [-0.15, -0.1) is 0 Å². The lowest BCUT2D eigenvalue weighted by Gasteiger charge is -2.31. The quantitative estimate of drug-likeness (QED) is 0.286. The van der Waals surface area contributed by atoms with E-state index in [0.29, 0.717) is 0 Å². The number of aromatic nitrogens is 2. The number of pyridine rings is 2. The first kappa shape index (κ1) is 29.5. The van der Waals surface area contributed by atoms with Gasteiger partial charge in [-0.2, -0.15) is 0 Å². The van der Waals surface area contributed by atoms with Gasteiger partial charge in [0, 0.05) is 6.07 Å². The van der Waals surface area contributed by atoms with Crippen LogP contribution in [0.2, 0.25) is 0 Å². The van der Waals surface area contributed by atoms with Crippen LogP contribution in [-0.2, 0) is 9.53 Å². The minimum Gasteiger partial charge on any atom is -0.460 e. The summed E-state index contributed by atoms with van der Waals surface area (Å²) >= 11 is 0. The summed E-state index contributed by atoms with van der Waals surface area (Å²) in [6, 6.07) is 9.19. The van der Waals surface area contributed by atoms with Crippen LogP contribution in [0, 0.1) is 37.3 Å². The smallest absolute Gasteiger partial charge is 0.309 e. The van der Waals surface area contributed by atoms with E-state index in [0.717, 1.165) is 17.2 Å². The van der Waals surface area contributed by atoms with E-state index >= 15 is 4.39 Å². The lowest BCUT2D eigenvalue weighted by Crippen LogP contribution is -2.34. The number of nitrogens with two attached hydrogens (primary N) is 1. The van der Waals surface area contributed by atoms with Gasteiger partial charge in [-0.05, 0) is 52.2 Å². The monoisotopic (exact) mass is 539 g/mol.